The van der Waals surface area contributed by atoms with E-state index in [1.54, 1.807) is 25.4 Å². The lowest BCUT2D eigenvalue weighted by molar-refractivity contribution is 0.0697. The molecule has 4 aromatic rings. The number of rotatable bonds is 9. The molecule has 0 unspecified atom stereocenters. The standard InChI is InChI=1S/C30H29ClN4O4S/c1-18-16-22(19(2)34(18)25-10-5-4-8-21(25)29(36)37)28-27(24-9-6-7-13-32-24)33-30(40)35(28)20-11-12-26(23(31)17-20)39-15-14-38-3/h4-13,16-17,27-28H,14-15H2,1-3H3,(H,33,40)(H,36,37)/t27-,28+/m1/s1. The SMILES string of the molecule is COCCOc1ccc(N2C(=S)N[C@H](c3ccccn3)[C@@H]2c2cc(C)n(-c3ccccc3C(=O)O)c2C)cc1Cl. The van der Waals surface area contributed by atoms with Gasteiger partial charge in [-0.1, -0.05) is 29.8 Å². The third-order valence-electron chi connectivity index (χ3n) is 7.00. The van der Waals surface area contributed by atoms with E-state index in [9.17, 15) is 9.90 Å². The van der Waals surface area contributed by atoms with Gasteiger partial charge < -0.3 is 29.4 Å². The number of hydrogen-bond donors (Lipinski definition) is 2. The number of nitrogens with one attached hydrogen (secondary N) is 1. The van der Waals surface area contributed by atoms with Crippen LogP contribution < -0.4 is 15.0 Å². The predicted octanol–water partition coefficient (Wildman–Crippen LogP) is 6.04. The fourth-order valence-corrected chi connectivity index (χ4v) is 5.82. The Bertz CT molecular complexity index is 1560. The summed E-state index contributed by atoms with van der Waals surface area (Å²) in [4.78, 5) is 18.7. The van der Waals surface area contributed by atoms with Crippen LogP contribution in [-0.2, 0) is 4.74 Å². The second kappa shape index (κ2) is 11.7. The Morgan fingerprint density at radius 3 is 2.58 bits per heavy atom. The molecule has 1 aliphatic heterocycles. The van der Waals surface area contributed by atoms with Crippen molar-refractivity contribution < 1.29 is 19.4 Å². The number of aryl methyl sites for hydroxylation is 1. The number of ether oxygens (including phenoxy) is 2. The van der Waals surface area contributed by atoms with Crippen LogP contribution in [-0.4, -0.2) is 46.1 Å². The van der Waals surface area contributed by atoms with Crippen LogP contribution in [0.25, 0.3) is 5.69 Å². The van der Waals surface area contributed by atoms with Gasteiger partial charge in [-0.15, -0.1) is 0 Å². The van der Waals surface area contributed by atoms with Gasteiger partial charge >= 0.3 is 5.97 Å². The van der Waals surface area contributed by atoms with Gasteiger partial charge in [0.25, 0.3) is 0 Å². The van der Waals surface area contributed by atoms with Gasteiger partial charge in [0.05, 0.1) is 40.7 Å². The fourth-order valence-electron chi connectivity index (χ4n) is 5.25. The molecule has 3 heterocycles. The zero-order chi connectivity index (χ0) is 28.4. The molecule has 0 bridgehead atoms. The zero-order valence-corrected chi connectivity index (χ0v) is 23.9. The van der Waals surface area contributed by atoms with E-state index in [-0.39, 0.29) is 17.6 Å². The molecule has 0 spiro atoms. The maximum atomic E-state index is 12.1. The monoisotopic (exact) mass is 576 g/mol. The summed E-state index contributed by atoms with van der Waals surface area (Å²) in [6.45, 7) is 4.80. The van der Waals surface area contributed by atoms with Crippen LogP contribution in [0.1, 0.15) is 45.1 Å². The van der Waals surface area contributed by atoms with Gasteiger partial charge in [-0.05, 0) is 80.2 Å². The van der Waals surface area contributed by atoms with Crippen molar-refractivity contribution >= 4 is 40.6 Å². The van der Waals surface area contributed by atoms with Crippen LogP contribution in [0.15, 0.2) is 72.9 Å². The molecular weight excluding hydrogens is 548 g/mol. The van der Waals surface area contributed by atoms with E-state index in [1.165, 1.54) is 0 Å². The van der Waals surface area contributed by atoms with E-state index >= 15 is 0 Å². The van der Waals surface area contributed by atoms with Crippen LogP contribution in [0, 0.1) is 13.8 Å². The highest BCUT2D eigenvalue weighted by Crippen LogP contribution is 2.45. The molecule has 2 aromatic heterocycles. The molecule has 2 atom stereocenters. The lowest BCUT2D eigenvalue weighted by Gasteiger charge is -2.28. The van der Waals surface area contributed by atoms with E-state index in [1.807, 2.05) is 71.8 Å². The first kappa shape index (κ1) is 27.6. The van der Waals surface area contributed by atoms with Crippen molar-refractivity contribution in [2.24, 2.45) is 0 Å². The topological polar surface area (TPSA) is 88.9 Å². The number of carboxylic acids is 1. The first-order valence-electron chi connectivity index (χ1n) is 12.7. The molecule has 0 radical (unpaired) electrons. The van der Waals surface area contributed by atoms with Crippen LogP contribution >= 0.6 is 23.8 Å². The van der Waals surface area contributed by atoms with Crippen molar-refractivity contribution in [2.45, 2.75) is 25.9 Å². The number of methoxy groups -OCH3 is 1. The number of carboxylic acid groups (broad SMARTS) is 1. The highest BCUT2D eigenvalue weighted by molar-refractivity contribution is 7.80. The number of hydrogen-bond acceptors (Lipinski definition) is 5. The normalized spacial score (nSPS) is 16.7. The first-order valence-corrected chi connectivity index (χ1v) is 13.5. The van der Waals surface area contributed by atoms with E-state index in [4.69, 9.17) is 33.3 Å². The average molecular weight is 577 g/mol. The van der Waals surface area contributed by atoms with Crippen LogP contribution in [0.3, 0.4) is 0 Å². The van der Waals surface area contributed by atoms with E-state index in [0.29, 0.717) is 34.8 Å². The number of para-hydroxylation sites is 1. The van der Waals surface area contributed by atoms with Gasteiger partial charge in [0.2, 0.25) is 0 Å². The van der Waals surface area contributed by atoms with Gasteiger partial charge in [0.1, 0.15) is 12.4 Å². The predicted molar refractivity (Wildman–Crippen MR) is 159 cm³/mol. The molecule has 5 rings (SSSR count). The summed E-state index contributed by atoms with van der Waals surface area (Å²) in [6, 6.07) is 19.9. The molecule has 2 aromatic carbocycles. The number of carbonyl (C=O) groups is 1. The Labute approximate surface area is 243 Å². The maximum absolute atomic E-state index is 12.1. The summed E-state index contributed by atoms with van der Waals surface area (Å²) < 4.78 is 12.8. The molecule has 8 nitrogen and oxygen atoms in total. The van der Waals surface area contributed by atoms with Crippen molar-refractivity contribution in [3.63, 3.8) is 0 Å². The summed E-state index contributed by atoms with van der Waals surface area (Å²) >= 11 is 12.5. The van der Waals surface area contributed by atoms with Crippen LogP contribution in [0.5, 0.6) is 5.75 Å². The molecule has 2 N–H and O–H groups in total. The number of aromatic carboxylic acids is 1. The second-order valence-corrected chi connectivity index (χ2v) is 10.2. The summed E-state index contributed by atoms with van der Waals surface area (Å²) in [5.41, 5.74) is 5.24. The van der Waals surface area contributed by atoms with Crippen molar-refractivity contribution in [1.29, 1.82) is 0 Å². The third kappa shape index (κ3) is 5.15. The molecule has 206 valence electrons. The van der Waals surface area contributed by atoms with Gasteiger partial charge in [0.15, 0.2) is 5.11 Å². The minimum atomic E-state index is -0.983. The average Bonchev–Trinajstić information content (AvgIpc) is 3.44. The molecule has 1 fully saturated rings. The first-order chi connectivity index (χ1) is 19.3. The smallest absolute Gasteiger partial charge is 0.337 e. The number of nitrogens with zero attached hydrogens (tertiary/aromatic N) is 3. The lowest BCUT2D eigenvalue weighted by Crippen LogP contribution is -2.29. The quantitative estimate of drug-likeness (QED) is 0.184. The number of pyridine rings is 1. The van der Waals surface area contributed by atoms with Gasteiger partial charge in [-0.3, -0.25) is 4.98 Å². The lowest BCUT2D eigenvalue weighted by atomic mass is 9.96. The molecule has 1 saturated heterocycles. The molecule has 0 amide bonds. The summed E-state index contributed by atoms with van der Waals surface area (Å²) in [7, 11) is 1.62. The van der Waals surface area contributed by atoms with Gasteiger partial charge in [0, 0.05) is 30.4 Å². The minimum Gasteiger partial charge on any atom is -0.490 e. The van der Waals surface area contributed by atoms with Gasteiger partial charge in [-0.2, -0.15) is 0 Å². The van der Waals surface area contributed by atoms with E-state index in [0.717, 1.165) is 28.3 Å². The molecular formula is C30H29ClN4O4S. The Morgan fingerprint density at radius 1 is 1.10 bits per heavy atom. The summed E-state index contributed by atoms with van der Waals surface area (Å²) in [5, 5.41) is 14.3. The Kier molecular flexibility index (Phi) is 8.07. The molecule has 0 aliphatic carbocycles. The number of anilines is 1. The van der Waals surface area contributed by atoms with Crippen LogP contribution in [0.4, 0.5) is 5.69 Å². The third-order valence-corrected chi connectivity index (χ3v) is 7.61. The number of aromatic nitrogens is 2. The zero-order valence-electron chi connectivity index (χ0n) is 22.3. The number of halogens is 1. The van der Waals surface area contributed by atoms with Crippen molar-refractivity contribution in [3.05, 3.63) is 106 Å². The molecule has 40 heavy (non-hydrogen) atoms. The summed E-state index contributed by atoms with van der Waals surface area (Å²) in [5.74, 6) is -0.425. The Hall–Kier alpha value is -3.92. The van der Waals surface area contributed by atoms with Gasteiger partial charge in [-0.25, -0.2) is 4.79 Å². The number of benzene rings is 2. The van der Waals surface area contributed by atoms with E-state index in [2.05, 4.69) is 16.4 Å². The number of thiocarbonyl (C=S) groups is 1. The second-order valence-electron chi connectivity index (χ2n) is 9.44. The summed E-state index contributed by atoms with van der Waals surface area (Å²) in [6.07, 6.45) is 1.76. The Balaban J connectivity index is 1.63. The molecule has 0 saturated carbocycles. The largest absolute Gasteiger partial charge is 0.490 e. The Morgan fingerprint density at radius 2 is 1.88 bits per heavy atom. The van der Waals surface area contributed by atoms with Crippen molar-refractivity contribution in [1.82, 2.24) is 14.9 Å². The maximum Gasteiger partial charge on any atom is 0.337 e. The molecule has 10 heteroatoms. The molecule has 1 aliphatic rings. The van der Waals surface area contributed by atoms with Crippen molar-refractivity contribution in [2.75, 3.05) is 25.2 Å². The highest BCUT2D eigenvalue weighted by Gasteiger charge is 2.42. The van der Waals surface area contributed by atoms with E-state index < -0.39 is 5.97 Å². The fraction of sp³-hybridized carbons (Fsp3) is 0.233. The minimum absolute atomic E-state index is 0.227. The highest BCUT2D eigenvalue weighted by atomic mass is 35.5. The van der Waals surface area contributed by atoms with Crippen LogP contribution in [0.2, 0.25) is 5.02 Å². The van der Waals surface area contributed by atoms with Crippen molar-refractivity contribution in [3.8, 4) is 11.4 Å².